The summed E-state index contributed by atoms with van der Waals surface area (Å²) in [5.41, 5.74) is 1.65. The van der Waals surface area contributed by atoms with Crippen LogP contribution in [0.3, 0.4) is 0 Å². The molecule has 21 heavy (non-hydrogen) atoms. The molecule has 0 amide bonds. The summed E-state index contributed by atoms with van der Waals surface area (Å²) >= 11 is 3.41. The Kier molecular flexibility index (Phi) is 4.95. The second-order valence-electron chi connectivity index (χ2n) is 4.76. The van der Waals surface area contributed by atoms with Gasteiger partial charge in [0.1, 0.15) is 5.69 Å². The van der Waals surface area contributed by atoms with Crippen LogP contribution in [0.1, 0.15) is 24.6 Å². The highest BCUT2D eigenvalue weighted by atomic mass is 79.9. The smallest absolute Gasteiger partial charge is 0.334 e. The molecule has 112 valence electrons. The second kappa shape index (κ2) is 6.71. The Hall–Kier alpha value is -1.89. The highest BCUT2D eigenvalue weighted by Crippen LogP contribution is 2.29. The van der Waals surface area contributed by atoms with Gasteiger partial charge in [-0.3, -0.25) is 10.1 Å². The summed E-state index contributed by atoms with van der Waals surface area (Å²) in [6.45, 7) is 2.48. The van der Waals surface area contributed by atoms with Crippen molar-refractivity contribution in [1.29, 1.82) is 0 Å². The van der Waals surface area contributed by atoms with Crippen LogP contribution in [0.5, 0.6) is 0 Å². The first kappa shape index (κ1) is 15.5. The molecule has 0 aliphatic carbocycles. The minimum atomic E-state index is -0.360. The van der Waals surface area contributed by atoms with Crippen LogP contribution >= 0.6 is 15.9 Å². The number of aromatic nitrogens is 2. The summed E-state index contributed by atoms with van der Waals surface area (Å²) in [5, 5.41) is 18.7. The Bertz CT molecular complexity index is 654. The van der Waals surface area contributed by atoms with Crippen molar-refractivity contribution in [2.75, 3.05) is 5.32 Å². The topological polar surface area (TPSA) is 73.0 Å². The molecule has 0 unspecified atom stereocenters. The lowest BCUT2D eigenvalue weighted by molar-refractivity contribution is -0.384. The van der Waals surface area contributed by atoms with Gasteiger partial charge in [-0.2, -0.15) is 5.10 Å². The highest BCUT2D eigenvalue weighted by molar-refractivity contribution is 9.10. The van der Waals surface area contributed by atoms with E-state index in [9.17, 15) is 10.1 Å². The third-order valence-corrected chi connectivity index (χ3v) is 3.60. The molecule has 0 fully saturated rings. The van der Waals surface area contributed by atoms with Gasteiger partial charge in [0.2, 0.25) is 5.82 Å². The van der Waals surface area contributed by atoms with Crippen LogP contribution in [0, 0.1) is 10.1 Å². The van der Waals surface area contributed by atoms with Crippen LogP contribution in [0.2, 0.25) is 0 Å². The average Bonchev–Trinajstić information content (AvgIpc) is 2.73. The van der Waals surface area contributed by atoms with Gasteiger partial charge in [0.05, 0.1) is 4.92 Å². The largest absolute Gasteiger partial charge is 0.360 e. The predicted octanol–water partition coefficient (Wildman–Crippen LogP) is 3.66. The predicted molar refractivity (Wildman–Crippen MR) is 85.3 cm³/mol. The maximum absolute atomic E-state index is 11.3. The highest BCUT2D eigenvalue weighted by Gasteiger charge is 2.25. The molecule has 0 atom stereocenters. The van der Waals surface area contributed by atoms with E-state index in [1.807, 2.05) is 31.2 Å². The number of hydrogen-bond acceptors (Lipinski definition) is 4. The fourth-order valence-corrected chi connectivity index (χ4v) is 2.64. The molecule has 0 aliphatic heterocycles. The van der Waals surface area contributed by atoms with Gasteiger partial charge in [-0.05, 0) is 24.1 Å². The van der Waals surface area contributed by atoms with Gasteiger partial charge in [-0.25, -0.2) is 4.68 Å². The van der Waals surface area contributed by atoms with Gasteiger partial charge in [-0.1, -0.05) is 41.4 Å². The molecule has 0 saturated heterocycles. The van der Waals surface area contributed by atoms with Crippen molar-refractivity contribution in [3.63, 3.8) is 0 Å². The summed E-state index contributed by atoms with van der Waals surface area (Å²) < 4.78 is 2.52. The summed E-state index contributed by atoms with van der Waals surface area (Å²) in [6.07, 6.45) is 1.42. The normalized spacial score (nSPS) is 10.6. The van der Waals surface area contributed by atoms with Gasteiger partial charge < -0.3 is 5.32 Å². The van der Waals surface area contributed by atoms with E-state index in [2.05, 4.69) is 26.3 Å². The van der Waals surface area contributed by atoms with E-state index in [1.165, 1.54) is 0 Å². The molecular weight excluding hydrogens is 336 g/mol. The molecule has 0 bridgehead atoms. The van der Waals surface area contributed by atoms with Crippen LogP contribution in [0.25, 0.3) is 0 Å². The number of nitrogens with zero attached hydrogens (tertiary/aromatic N) is 3. The molecule has 0 aliphatic rings. The van der Waals surface area contributed by atoms with Gasteiger partial charge in [0.15, 0.2) is 0 Å². The Morgan fingerprint density at radius 1 is 1.48 bits per heavy atom. The van der Waals surface area contributed by atoms with Crippen molar-refractivity contribution in [2.45, 2.75) is 26.3 Å². The van der Waals surface area contributed by atoms with Crippen molar-refractivity contribution >= 4 is 27.4 Å². The molecule has 7 heteroatoms. The van der Waals surface area contributed by atoms with Crippen molar-refractivity contribution in [3.05, 3.63) is 50.1 Å². The summed E-state index contributed by atoms with van der Waals surface area (Å²) in [7, 11) is 1.72. The zero-order chi connectivity index (χ0) is 15.4. The molecule has 1 aromatic carbocycles. The molecule has 1 N–H and O–H groups in total. The van der Waals surface area contributed by atoms with E-state index in [0.717, 1.165) is 16.5 Å². The molecule has 2 aromatic rings. The lowest BCUT2D eigenvalue weighted by atomic mass is 10.2. The number of aryl methyl sites for hydroxylation is 2. The monoisotopic (exact) mass is 352 g/mol. The van der Waals surface area contributed by atoms with E-state index < -0.39 is 0 Å². The molecule has 1 aromatic heterocycles. The molecule has 0 radical (unpaired) electrons. The maximum atomic E-state index is 11.3. The van der Waals surface area contributed by atoms with Gasteiger partial charge in [0.25, 0.3) is 0 Å². The maximum Gasteiger partial charge on any atom is 0.334 e. The third-order valence-electron chi connectivity index (χ3n) is 3.11. The zero-order valence-corrected chi connectivity index (χ0v) is 13.6. The zero-order valence-electron chi connectivity index (χ0n) is 12.0. The SMILES string of the molecule is CCCc1nn(C)c(NCc2cccc(Br)c2)c1[N+](=O)[O-]. The van der Waals surface area contributed by atoms with Crippen LogP contribution in [-0.4, -0.2) is 14.7 Å². The van der Waals surface area contributed by atoms with Crippen LogP contribution in [0.4, 0.5) is 11.5 Å². The molecule has 6 nitrogen and oxygen atoms in total. The first-order valence-electron chi connectivity index (χ1n) is 6.71. The Labute approximate surface area is 131 Å². The summed E-state index contributed by atoms with van der Waals surface area (Å²) in [5.74, 6) is 0.448. The Morgan fingerprint density at radius 2 is 2.24 bits per heavy atom. The average molecular weight is 353 g/mol. The van der Waals surface area contributed by atoms with Gasteiger partial charge >= 0.3 is 5.69 Å². The van der Waals surface area contributed by atoms with Crippen molar-refractivity contribution < 1.29 is 4.92 Å². The number of rotatable bonds is 6. The van der Waals surface area contributed by atoms with Crippen LogP contribution < -0.4 is 5.32 Å². The Balaban J connectivity index is 2.25. The molecule has 1 heterocycles. The molecule has 2 rings (SSSR count). The number of benzene rings is 1. The van der Waals surface area contributed by atoms with Crippen molar-refractivity contribution in [3.8, 4) is 0 Å². The summed E-state index contributed by atoms with van der Waals surface area (Å²) in [4.78, 5) is 10.9. The molecule has 0 spiro atoms. The second-order valence-corrected chi connectivity index (χ2v) is 5.67. The van der Waals surface area contributed by atoms with Crippen molar-refractivity contribution in [2.24, 2.45) is 7.05 Å². The number of halogens is 1. The summed E-state index contributed by atoms with van der Waals surface area (Å²) in [6, 6.07) is 7.81. The van der Waals surface area contributed by atoms with Crippen molar-refractivity contribution in [1.82, 2.24) is 9.78 Å². The first-order valence-corrected chi connectivity index (χ1v) is 7.50. The van der Waals surface area contributed by atoms with Crippen LogP contribution in [0.15, 0.2) is 28.7 Å². The Morgan fingerprint density at radius 3 is 2.86 bits per heavy atom. The number of nitro groups is 1. The van der Waals surface area contributed by atoms with E-state index in [4.69, 9.17) is 0 Å². The minimum absolute atomic E-state index is 0.0781. The quantitative estimate of drug-likeness (QED) is 0.635. The lowest BCUT2D eigenvalue weighted by Crippen LogP contribution is -2.06. The number of hydrogen-bond donors (Lipinski definition) is 1. The van der Waals surface area contributed by atoms with E-state index in [-0.39, 0.29) is 10.6 Å². The third kappa shape index (κ3) is 3.60. The van der Waals surface area contributed by atoms with E-state index in [0.29, 0.717) is 24.5 Å². The molecule has 0 saturated carbocycles. The lowest BCUT2D eigenvalue weighted by Gasteiger charge is -2.06. The van der Waals surface area contributed by atoms with E-state index >= 15 is 0 Å². The van der Waals surface area contributed by atoms with E-state index in [1.54, 1.807) is 11.7 Å². The number of nitrogens with one attached hydrogen (secondary N) is 1. The standard InChI is InChI=1S/C14H17BrN4O2/c1-3-5-12-13(19(20)21)14(18(2)17-12)16-9-10-6-4-7-11(15)8-10/h4,6-8,16H,3,5,9H2,1-2H3. The van der Waals surface area contributed by atoms with Crippen LogP contribution in [-0.2, 0) is 20.0 Å². The number of anilines is 1. The minimum Gasteiger partial charge on any atom is -0.360 e. The van der Waals surface area contributed by atoms with Gasteiger partial charge in [0, 0.05) is 18.1 Å². The molecular formula is C14H17BrN4O2. The fourth-order valence-electron chi connectivity index (χ4n) is 2.20. The van der Waals surface area contributed by atoms with Gasteiger partial charge in [-0.15, -0.1) is 0 Å². The fraction of sp³-hybridized carbons (Fsp3) is 0.357. The first-order chi connectivity index (χ1) is 10.0.